The van der Waals surface area contributed by atoms with E-state index in [1.807, 2.05) is 30.3 Å². The molecule has 1 aromatic carbocycles. The first-order valence-corrected chi connectivity index (χ1v) is 8.13. The topological polar surface area (TPSA) is 90.0 Å². The van der Waals surface area contributed by atoms with Crippen LogP contribution in [-0.2, 0) is 30.3 Å². The minimum atomic E-state index is -1.25. The molecule has 2 atom stereocenters. The van der Waals surface area contributed by atoms with E-state index in [1.54, 1.807) is 6.92 Å². The summed E-state index contributed by atoms with van der Waals surface area (Å²) >= 11 is 0. The third-order valence-corrected chi connectivity index (χ3v) is 3.98. The van der Waals surface area contributed by atoms with Gasteiger partial charge in [-0.1, -0.05) is 30.3 Å². The molecule has 0 aliphatic carbocycles. The Morgan fingerprint density at radius 2 is 1.96 bits per heavy atom. The van der Waals surface area contributed by atoms with Gasteiger partial charge in [-0.05, 0) is 25.8 Å². The summed E-state index contributed by atoms with van der Waals surface area (Å²) in [6, 6.07) is 8.84. The van der Waals surface area contributed by atoms with Crippen LogP contribution in [0.5, 0.6) is 0 Å². The van der Waals surface area contributed by atoms with E-state index in [9.17, 15) is 19.2 Å². The van der Waals surface area contributed by atoms with Crippen LogP contribution in [0, 0.1) is 5.92 Å². The van der Waals surface area contributed by atoms with Crippen molar-refractivity contribution >= 4 is 23.8 Å². The standard InChI is InChI=1S/C18H21NO6/c1-3-24-16(21)10-15(12(2)20)17(22)19-14(11-25-18(19)23)9-13-7-5-4-6-8-13/h4-8,14-15H,3,9-11H2,1-2H3/t14-,15+/m0/s1. The van der Waals surface area contributed by atoms with Crippen molar-refractivity contribution in [3.8, 4) is 0 Å². The summed E-state index contributed by atoms with van der Waals surface area (Å²) in [7, 11) is 0. The van der Waals surface area contributed by atoms with Gasteiger partial charge in [0.2, 0.25) is 5.91 Å². The quantitative estimate of drug-likeness (QED) is 0.551. The summed E-state index contributed by atoms with van der Waals surface area (Å²) in [6.07, 6.45) is -0.757. The molecule has 0 spiro atoms. The molecule has 2 amide bonds. The van der Waals surface area contributed by atoms with E-state index in [2.05, 4.69) is 0 Å². The Morgan fingerprint density at radius 3 is 2.56 bits per heavy atom. The summed E-state index contributed by atoms with van der Waals surface area (Å²) in [5, 5.41) is 0. The maximum atomic E-state index is 12.7. The SMILES string of the molecule is CCOC(=O)C[C@H](C(C)=O)C(=O)N1C(=O)OC[C@@H]1Cc1ccccc1. The molecule has 1 saturated heterocycles. The number of carbonyl (C=O) groups excluding carboxylic acids is 4. The van der Waals surface area contributed by atoms with Crippen molar-refractivity contribution in [2.75, 3.05) is 13.2 Å². The zero-order valence-corrected chi connectivity index (χ0v) is 14.3. The van der Waals surface area contributed by atoms with Crippen LogP contribution in [0.1, 0.15) is 25.8 Å². The average molecular weight is 347 g/mol. The van der Waals surface area contributed by atoms with E-state index < -0.39 is 35.7 Å². The molecule has 0 N–H and O–H groups in total. The Hall–Kier alpha value is -2.70. The predicted molar refractivity (Wildman–Crippen MR) is 87.5 cm³/mol. The molecule has 1 fully saturated rings. The first kappa shape index (κ1) is 18.6. The molecule has 134 valence electrons. The van der Waals surface area contributed by atoms with Crippen molar-refractivity contribution < 1.29 is 28.7 Å². The van der Waals surface area contributed by atoms with Crippen molar-refractivity contribution in [2.45, 2.75) is 32.7 Å². The monoisotopic (exact) mass is 347 g/mol. The van der Waals surface area contributed by atoms with Crippen LogP contribution in [0.25, 0.3) is 0 Å². The number of hydrogen-bond donors (Lipinski definition) is 0. The van der Waals surface area contributed by atoms with Gasteiger partial charge in [-0.15, -0.1) is 0 Å². The highest BCUT2D eigenvalue weighted by atomic mass is 16.6. The largest absolute Gasteiger partial charge is 0.466 e. The molecule has 0 unspecified atom stereocenters. The number of imide groups is 1. The van der Waals surface area contributed by atoms with E-state index >= 15 is 0 Å². The van der Waals surface area contributed by atoms with Gasteiger partial charge in [-0.25, -0.2) is 9.69 Å². The second-order valence-electron chi connectivity index (χ2n) is 5.80. The van der Waals surface area contributed by atoms with Crippen LogP contribution in [0.4, 0.5) is 4.79 Å². The molecule has 25 heavy (non-hydrogen) atoms. The van der Waals surface area contributed by atoms with E-state index in [0.29, 0.717) is 6.42 Å². The summed E-state index contributed by atoms with van der Waals surface area (Å²) < 4.78 is 9.80. The molecule has 1 aliphatic rings. The Labute approximate surface area is 145 Å². The van der Waals surface area contributed by atoms with Crippen molar-refractivity contribution in [3.63, 3.8) is 0 Å². The second kappa shape index (κ2) is 8.41. The lowest BCUT2D eigenvalue weighted by atomic mass is 9.97. The molecule has 7 heteroatoms. The van der Waals surface area contributed by atoms with Crippen LogP contribution in [-0.4, -0.2) is 47.9 Å². The molecule has 0 radical (unpaired) electrons. The van der Waals surface area contributed by atoms with E-state index in [1.165, 1.54) is 6.92 Å². The number of amides is 2. The first-order valence-electron chi connectivity index (χ1n) is 8.13. The lowest BCUT2D eigenvalue weighted by Crippen LogP contribution is -2.45. The fraction of sp³-hybridized carbons (Fsp3) is 0.444. The lowest BCUT2D eigenvalue weighted by Gasteiger charge is -2.23. The minimum Gasteiger partial charge on any atom is -0.466 e. The average Bonchev–Trinajstić information content (AvgIpc) is 2.93. The Morgan fingerprint density at radius 1 is 1.28 bits per heavy atom. The van der Waals surface area contributed by atoms with Gasteiger partial charge in [0.15, 0.2) is 0 Å². The maximum Gasteiger partial charge on any atom is 0.417 e. The van der Waals surface area contributed by atoms with Crippen LogP contribution < -0.4 is 0 Å². The van der Waals surface area contributed by atoms with Crippen molar-refractivity contribution in [1.29, 1.82) is 0 Å². The van der Waals surface area contributed by atoms with E-state index in [-0.39, 0.29) is 19.6 Å². The van der Waals surface area contributed by atoms with Crippen molar-refractivity contribution in [3.05, 3.63) is 35.9 Å². The fourth-order valence-electron chi connectivity index (χ4n) is 2.73. The minimum absolute atomic E-state index is 0.0590. The number of nitrogens with zero attached hydrogens (tertiary/aromatic N) is 1. The number of carbonyl (C=O) groups is 4. The molecule has 1 aromatic rings. The molecule has 0 aromatic heterocycles. The predicted octanol–water partition coefficient (Wildman–Crippen LogP) is 1.73. The third-order valence-electron chi connectivity index (χ3n) is 3.98. The molecule has 0 saturated carbocycles. The van der Waals surface area contributed by atoms with Crippen LogP contribution >= 0.6 is 0 Å². The van der Waals surface area contributed by atoms with Crippen molar-refractivity contribution in [1.82, 2.24) is 4.90 Å². The number of ether oxygens (including phenoxy) is 2. The van der Waals surface area contributed by atoms with E-state index in [4.69, 9.17) is 9.47 Å². The number of esters is 1. The highest BCUT2D eigenvalue weighted by Gasteiger charge is 2.42. The number of hydrogen-bond acceptors (Lipinski definition) is 6. The third kappa shape index (κ3) is 4.65. The molecule has 7 nitrogen and oxygen atoms in total. The number of cyclic esters (lactones) is 1. The van der Waals surface area contributed by atoms with Gasteiger partial charge < -0.3 is 9.47 Å². The summed E-state index contributed by atoms with van der Waals surface area (Å²) in [6.45, 7) is 3.06. The van der Waals surface area contributed by atoms with E-state index in [0.717, 1.165) is 10.5 Å². The zero-order valence-electron chi connectivity index (χ0n) is 14.3. The molecular formula is C18H21NO6. The summed E-state index contributed by atoms with van der Waals surface area (Å²) in [4.78, 5) is 49.2. The van der Waals surface area contributed by atoms with Gasteiger partial charge in [-0.2, -0.15) is 0 Å². The van der Waals surface area contributed by atoms with Gasteiger partial charge >= 0.3 is 12.1 Å². The highest BCUT2D eigenvalue weighted by Crippen LogP contribution is 2.22. The second-order valence-corrected chi connectivity index (χ2v) is 5.80. The Bertz CT molecular complexity index is 657. The Kier molecular flexibility index (Phi) is 6.27. The van der Waals surface area contributed by atoms with Gasteiger partial charge in [0.1, 0.15) is 18.3 Å². The molecule has 1 aliphatic heterocycles. The van der Waals surface area contributed by atoms with Gasteiger partial charge in [0.05, 0.1) is 19.1 Å². The van der Waals surface area contributed by atoms with Gasteiger partial charge in [0, 0.05) is 0 Å². The van der Waals surface area contributed by atoms with Crippen LogP contribution in [0.3, 0.4) is 0 Å². The summed E-state index contributed by atoms with van der Waals surface area (Å²) in [5.74, 6) is -3.11. The lowest BCUT2D eigenvalue weighted by molar-refractivity contribution is -0.150. The van der Waals surface area contributed by atoms with Gasteiger partial charge in [0.25, 0.3) is 0 Å². The first-order chi connectivity index (χ1) is 11.9. The van der Waals surface area contributed by atoms with Crippen LogP contribution in [0.15, 0.2) is 30.3 Å². The summed E-state index contributed by atoms with van der Waals surface area (Å²) in [5.41, 5.74) is 0.938. The molecule has 2 rings (SSSR count). The molecule has 1 heterocycles. The highest BCUT2D eigenvalue weighted by molar-refractivity contribution is 6.07. The fourth-order valence-corrected chi connectivity index (χ4v) is 2.73. The van der Waals surface area contributed by atoms with Crippen LogP contribution in [0.2, 0.25) is 0 Å². The number of Topliss-reactive ketones (excluding diaryl/α,β-unsaturated/α-hetero) is 1. The molecular weight excluding hydrogens is 326 g/mol. The van der Waals surface area contributed by atoms with Gasteiger partial charge in [-0.3, -0.25) is 14.4 Å². The van der Waals surface area contributed by atoms with Crippen molar-refractivity contribution in [2.24, 2.45) is 5.92 Å². The Balaban J connectivity index is 2.15. The smallest absolute Gasteiger partial charge is 0.417 e. The normalized spacial score (nSPS) is 17.8. The zero-order chi connectivity index (χ0) is 18.4. The number of ketones is 1. The molecule has 0 bridgehead atoms. The maximum absolute atomic E-state index is 12.7. The number of benzene rings is 1. The number of rotatable bonds is 7.